The first kappa shape index (κ1) is 29.9. The highest BCUT2D eigenvalue weighted by Gasteiger charge is 2.30. The fraction of sp³-hybridized carbons (Fsp3) is 0.516. The number of amides is 2. The van der Waals surface area contributed by atoms with Gasteiger partial charge in [0.2, 0.25) is 11.8 Å². The Hall–Kier alpha value is -3.10. The number of carboxylic acids is 1. The molecule has 1 aliphatic carbocycles. The van der Waals surface area contributed by atoms with Gasteiger partial charge in [0.25, 0.3) is 0 Å². The maximum absolute atomic E-state index is 11.9. The summed E-state index contributed by atoms with van der Waals surface area (Å²) < 4.78 is 11.5. The topological polar surface area (TPSA) is 96.4 Å². The third-order valence-corrected chi connectivity index (χ3v) is 8.67. The Kier molecular flexibility index (Phi) is 10.1. The zero-order chi connectivity index (χ0) is 28.8. The molecule has 2 aromatic carbocycles. The molecule has 2 aliphatic rings. The smallest absolute Gasteiger partial charge is 0.306 e. The van der Waals surface area contributed by atoms with Crippen LogP contribution in [0.3, 0.4) is 0 Å². The van der Waals surface area contributed by atoms with Gasteiger partial charge in [0.15, 0.2) is 11.5 Å². The molecule has 1 N–H and O–H groups in total. The van der Waals surface area contributed by atoms with Gasteiger partial charge in [-0.1, -0.05) is 29.8 Å². The van der Waals surface area contributed by atoms with Crippen LogP contribution in [0.15, 0.2) is 36.4 Å². The van der Waals surface area contributed by atoms with E-state index < -0.39 is 5.97 Å². The molecule has 0 aromatic heterocycles. The Balaban J connectivity index is 1.47. The van der Waals surface area contributed by atoms with Crippen molar-refractivity contribution >= 4 is 29.4 Å². The van der Waals surface area contributed by atoms with Crippen molar-refractivity contribution in [3.8, 4) is 11.5 Å². The predicted molar refractivity (Wildman–Crippen MR) is 153 cm³/mol. The molecule has 0 bridgehead atoms. The quantitative estimate of drug-likeness (QED) is 0.330. The van der Waals surface area contributed by atoms with Crippen LogP contribution in [-0.4, -0.2) is 59.5 Å². The number of rotatable bonds is 12. The van der Waals surface area contributed by atoms with Crippen molar-refractivity contribution in [3.05, 3.63) is 58.1 Å². The van der Waals surface area contributed by atoms with Crippen LogP contribution < -0.4 is 9.47 Å². The molecular formula is C31H39ClN2O6. The average molecular weight is 571 g/mol. The van der Waals surface area contributed by atoms with Crippen LogP contribution in [0.25, 0.3) is 0 Å². The van der Waals surface area contributed by atoms with Gasteiger partial charge in [0.05, 0.1) is 19.6 Å². The number of carbonyl (C=O) groups is 3. The summed E-state index contributed by atoms with van der Waals surface area (Å²) in [5, 5.41) is 10.2. The van der Waals surface area contributed by atoms with E-state index in [-0.39, 0.29) is 49.8 Å². The van der Waals surface area contributed by atoms with Crippen LogP contribution in [0.1, 0.15) is 68.2 Å². The zero-order valence-electron chi connectivity index (χ0n) is 23.5. The second-order valence-electron chi connectivity index (χ2n) is 10.9. The lowest BCUT2D eigenvalue weighted by atomic mass is 9.81. The molecule has 1 unspecified atom stereocenters. The monoisotopic (exact) mass is 570 g/mol. The number of hydrogen-bond donors (Lipinski definition) is 1. The van der Waals surface area contributed by atoms with Gasteiger partial charge in [-0.15, -0.1) is 0 Å². The lowest BCUT2D eigenvalue weighted by Gasteiger charge is -2.35. The summed E-state index contributed by atoms with van der Waals surface area (Å²) in [4.78, 5) is 38.9. The van der Waals surface area contributed by atoms with Crippen molar-refractivity contribution in [2.45, 2.75) is 65.0 Å². The van der Waals surface area contributed by atoms with Gasteiger partial charge in [0, 0.05) is 37.0 Å². The molecule has 1 saturated carbocycles. The average Bonchev–Trinajstić information content (AvgIpc) is 3.27. The number of ether oxygens (including phenoxy) is 2. The Morgan fingerprint density at radius 2 is 1.77 bits per heavy atom. The minimum Gasteiger partial charge on any atom is -0.493 e. The number of aliphatic carboxylic acids is 1. The molecule has 1 heterocycles. The number of nitrogens with zero attached hydrogens (tertiary/aromatic N) is 2. The fourth-order valence-electron chi connectivity index (χ4n) is 5.71. The van der Waals surface area contributed by atoms with E-state index in [1.165, 1.54) is 10.5 Å². The first-order valence-electron chi connectivity index (χ1n) is 14.0. The predicted octanol–water partition coefficient (Wildman–Crippen LogP) is 5.64. The van der Waals surface area contributed by atoms with Crippen LogP contribution in [0.2, 0.25) is 5.02 Å². The third-order valence-electron chi connectivity index (χ3n) is 8.24. The maximum atomic E-state index is 11.9. The highest BCUT2D eigenvalue weighted by molar-refractivity contribution is 6.31. The van der Waals surface area contributed by atoms with Gasteiger partial charge in [-0.3, -0.25) is 24.2 Å². The molecule has 0 spiro atoms. The Morgan fingerprint density at radius 3 is 2.40 bits per heavy atom. The van der Waals surface area contributed by atoms with E-state index in [1.807, 2.05) is 31.2 Å². The summed E-state index contributed by atoms with van der Waals surface area (Å²) in [7, 11) is 1.59. The van der Waals surface area contributed by atoms with E-state index in [2.05, 4.69) is 24.0 Å². The molecule has 9 heteroatoms. The number of halogens is 1. The molecule has 216 valence electrons. The molecule has 0 radical (unpaired) electrons. The zero-order valence-corrected chi connectivity index (χ0v) is 24.3. The molecule has 2 aromatic rings. The first-order chi connectivity index (χ1) is 19.2. The number of carbonyl (C=O) groups excluding carboxylic acids is 2. The summed E-state index contributed by atoms with van der Waals surface area (Å²) in [6.07, 6.45) is 3.77. The van der Waals surface area contributed by atoms with Crippen molar-refractivity contribution in [2.75, 3.05) is 26.8 Å². The molecule has 2 amide bonds. The molecule has 1 aliphatic heterocycles. The van der Waals surface area contributed by atoms with Crippen molar-refractivity contribution in [3.63, 3.8) is 0 Å². The van der Waals surface area contributed by atoms with Crippen molar-refractivity contribution in [1.29, 1.82) is 0 Å². The Labute approximate surface area is 241 Å². The second kappa shape index (κ2) is 13.5. The summed E-state index contributed by atoms with van der Waals surface area (Å²) in [6, 6.07) is 12.1. The summed E-state index contributed by atoms with van der Waals surface area (Å²) in [5.41, 5.74) is 3.28. The van der Waals surface area contributed by atoms with Gasteiger partial charge >= 0.3 is 5.97 Å². The fourth-order valence-corrected chi connectivity index (χ4v) is 5.82. The largest absolute Gasteiger partial charge is 0.493 e. The van der Waals surface area contributed by atoms with Gasteiger partial charge in [-0.2, -0.15) is 0 Å². The number of likely N-dealkylation sites (tertiary alicyclic amines) is 1. The molecule has 1 saturated heterocycles. The van der Waals surface area contributed by atoms with Crippen LogP contribution in [0.5, 0.6) is 11.5 Å². The van der Waals surface area contributed by atoms with E-state index >= 15 is 0 Å². The number of aryl methyl sites for hydroxylation is 1. The van der Waals surface area contributed by atoms with Gasteiger partial charge in [-0.25, -0.2) is 0 Å². The van der Waals surface area contributed by atoms with Gasteiger partial charge < -0.3 is 14.6 Å². The van der Waals surface area contributed by atoms with E-state index in [1.54, 1.807) is 7.11 Å². The number of carboxylic acid groups (broad SMARTS) is 1. The molecule has 2 fully saturated rings. The maximum Gasteiger partial charge on any atom is 0.306 e. The highest BCUT2D eigenvalue weighted by atomic mass is 35.5. The first-order valence-corrected chi connectivity index (χ1v) is 14.4. The minimum atomic E-state index is -0.687. The minimum absolute atomic E-state index is 0.116. The van der Waals surface area contributed by atoms with Crippen molar-refractivity contribution < 1.29 is 29.0 Å². The second-order valence-corrected chi connectivity index (χ2v) is 11.3. The number of benzene rings is 2. The molecule has 1 atom stereocenters. The van der Waals surface area contributed by atoms with E-state index in [0.29, 0.717) is 24.0 Å². The normalized spacial score (nSPS) is 20.2. The molecule has 4 rings (SSSR count). The van der Waals surface area contributed by atoms with Crippen molar-refractivity contribution in [2.24, 2.45) is 11.8 Å². The number of methoxy groups -OCH3 is 1. The number of hydrogen-bond acceptors (Lipinski definition) is 6. The van der Waals surface area contributed by atoms with Crippen molar-refractivity contribution in [1.82, 2.24) is 9.80 Å². The van der Waals surface area contributed by atoms with Crippen LogP contribution in [0.4, 0.5) is 0 Å². The Bertz CT molecular complexity index is 1210. The lowest BCUT2D eigenvalue weighted by molar-refractivity contribution is -0.143. The SMILES string of the molecule is COc1cc(CN(C[C@H]2CC[C@H](C(=O)O)CC2)C(C)c2ccc(Cl)c(C)c2)ccc1OCCN1C(=O)CCC1=O. The highest BCUT2D eigenvalue weighted by Crippen LogP contribution is 2.34. The van der Waals surface area contributed by atoms with Gasteiger partial charge in [0.1, 0.15) is 6.61 Å². The molecule has 8 nitrogen and oxygen atoms in total. The van der Waals surface area contributed by atoms with Crippen LogP contribution >= 0.6 is 11.6 Å². The van der Waals surface area contributed by atoms with Crippen LogP contribution in [0, 0.1) is 18.8 Å². The van der Waals surface area contributed by atoms with Gasteiger partial charge in [-0.05, 0) is 80.3 Å². The van der Waals surface area contributed by atoms with E-state index in [0.717, 1.165) is 48.4 Å². The van der Waals surface area contributed by atoms with Crippen LogP contribution in [-0.2, 0) is 20.9 Å². The summed E-state index contributed by atoms with van der Waals surface area (Å²) in [5.74, 6) is 0.341. The molecule has 40 heavy (non-hydrogen) atoms. The summed E-state index contributed by atoms with van der Waals surface area (Å²) >= 11 is 6.30. The van der Waals surface area contributed by atoms with E-state index in [4.69, 9.17) is 21.1 Å². The number of imide groups is 1. The third kappa shape index (κ3) is 7.34. The lowest BCUT2D eigenvalue weighted by Crippen LogP contribution is -2.34. The molecular weight excluding hydrogens is 532 g/mol. The summed E-state index contributed by atoms with van der Waals surface area (Å²) in [6.45, 7) is 6.16. The Morgan fingerprint density at radius 1 is 1.07 bits per heavy atom. The standard InChI is InChI=1S/C31H39ClN2O6/c1-20-16-25(9-10-26(20)32)21(2)33(18-22-4-7-24(8-5-22)31(37)38)19-23-6-11-27(28(17-23)39-3)40-15-14-34-29(35)12-13-30(34)36/h6,9-11,16-17,21-22,24H,4-5,7-8,12-15,18-19H2,1-3H3,(H,37,38)/t21?,22-,24-. The van der Waals surface area contributed by atoms with E-state index in [9.17, 15) is 19.5 Å².